The lowest BCUT2D eigenvalue weighted by atomic mass is 10.00. The second-order valence-electron chi connectivity index (χ2n) is 6.04. The van der Waals surface area contributed by atoms with Gasteiger partial charge < -0.3 is 0 Å². The minimum absolute atomic E-state index is 0.0486. The molecule has 2 nitrogen and oxygen atoms in total. The minimum atomic E-state index is 0.0486. The minimum Gasteiger partial charge on any atom is -0.295 e. The molecule has 0 aromatic rings. The molecule has 0 saturated heterocycles. The second kappa shape index (κ2) is 11.5. The molecule has 0 fully saturated rings. The van der Waals surface area contributed by atoms with Crippen molar-refractivity contribution in [3.8, 4) is 11.8 Å². The average Bonchev–Trinajstić information content (AvgIpc) is 2.26. The molecule has 2 heteroatoms. The molecule has 0 saturated carbocycles. The van der Waals surface area contributed by atoms with Gasteiger partial charge in [-0.25, -0.2) is 0 Å². The number of Topliss-reactive ketones (excluding diaryl/α,β-unsaturated/α-hetero) is 2. The van der Waals surface area contributed by atoms with Gasteiger partial charge in [0.2, 0.25) is 5.78 Å². The fraction of sp³-hybridized carbons (Fsp3) is 0.667. The number of hydrogen-bond donors (Lipinski definition) is 0. The maximum Gasteiger partial charge on any atom is 0.205 e. The Bertz CT molecular complexity index is 397. The van der Waals surface area contributed by atoms with Crippen molar-refractivity contribution >= 4 is 11.6 Å². The maximum absolute atomic E-state index is 11.3. The smallest absolute Gasteiger partial charge is 0.205 e. The van der Waals surface area contributed by atoms with Crippen LogP contribution in [-0.4, -0.2) is 11.6 Å². The number of carbonyl (C=O) groups excluding carboxylic acids is 2. The van der Waals surface area contributed by atoms with Gasteiger partial charge in [-0.15, -0.1) is 0 Å². The van der Waals surface area contributed by atoms with E-state index in [1.807, 2.05) is 34.6 Å². The van der Waals surface area contributed by atoms with Crippen LogP contribution in [0.3, 0.4) is 0 Å². The number of hydrogen-bond acceptors (Lipinski definition) is 2. The van der Waals surface area contributed by atoms with Crippen molar-refractivity contribution in [3.05, 3.63) is 11.1 Å². The summed E-state index contributed by atoms with van der Waals surface area (Å²) in [6.07, 6.45) is 1.26. The summed E-state index contributed by atoms with van der Waals surface area (Å²) in [5, 5.41) is 0. The van der Waals surface area contributed by atoms with Crippen LogP contribution in [0.15, 0.2) is 11.1 Å². The topological polar surface area (TPSA) is 34.1 Å². The van der Waals surface area contributed by atoms with Gasteiger partial charge in [-0.05, 0) is 51.0 Å². The lowest BCUT2D eigenvalue weighted by molar-refractivity contribution is -0.116. The van der Waals surface area contributed by atoms with Crippen molar-refractivity contribution in [1.29, 1.82) is 0 Å². The van der Waals surface area contributed by atoms with Crippen LogP contribution in [0.4, 0.5) is 0 Å². The summed E-state index contributed by atoms with van der Waals surface area (Å²) in [4.78, 5) is 22.0. The molecule has 0 aromatic carbocycles. The van der Waals surface area contributed by atoms with Gasteiger partial charge in [0, 0.05) is 12.8 Å². The number of ketones is 2. The number of carbonyl (C=O) groups is 2. The van der Waals surface area contributed by atoms with Crippen LogP contribution in [0.25, 0.3) is 0 Å². The lowest BCUT2D eigenvalue weighted by Gasteiger charge is -2.04. The van der Waals surface area contributed by atoms with Gasteiger partial charge in [0.15, 0.2) is 5.78 Å². The highest BCUT2D eigenvalue weighted by atomic mass is 16.1. The van der Waals surface area contributed by atoms with E-state index in [0.29, 0.717) is 30.5 Å². The van der Waals surface area contributed by atoms with Crippen LogP contribution in [0, 0.1) is 23.7 Å². The second-order valence-corrected chi connectivity index (χ2v) is 6.04. The molecule has 0 bridgehead atoms. The Labute approximate surface area is 125 Å². The van der Waals surface area contributed by atoms with Crippen LogP contribution in [0.2, 0.25) is 0 Å². The molecule has 0 aliphatic carbocycles. The third-order valence-electron chi connectivity index (χ3n) is 2.62. The molecule has 0 amide bonds. The standard InChI is InChI=1S/C10H18O.C8H12O/c1-7(2)6-10(11)9(5)8(3)4;1-4-5-8(9)6-7(2)3/h7H,6H2,1-5H3;7H,6H2,1-3H3. The van der Waals surface area contributed by atoms with Crippen molar-refractivity contribution in [1.82, 2.24) is 0 Å². The first kappa shape index (κ1) is 20.9. The normalized spacial score (nSPS) is 9.30. The molecular formula is C18H30O2. The predicted octanol–water partition coefficient (Wildman–Crippen LogP) is 4.58. The summed E-state index contributed by atoms with van der Waals surface area (Å²) in [7, 11) is 0. The molecule has 0 N–H and O–H groups in total. The van der Waals surface area contributed by atoms with Gasteiger partial charge in [0.05, 0.1) is 0 Å². The Morgan fingerprint density at radius 3 is 1.65 bits per heavy atom. The highest BCUT2D eigenvalue weighted by molar-refractivity contribution is 5.95. The monoisotopic (exact) mass is 278 g/mol. The van der Waals surface area contributed by atoms with Gasteiger partial charge >= 0.3 is 0 Å². The predicted molar refractivity (Wildman–Crippen MR) is 86.4 cm³/mol. The van der Waals surface area contributed by atoms with Gasteiger partial charge in [0.1, 0.15) is 0 Å². The molecule has 114 valence electrons. The quantitative estimate of drug-likeness (QED) is 0.419. The first-order valence-electron chi connectivity index (χ1n) is 7.24. The number of rotatable bonds is 5. The molecule has 0 radical (unpaired) electrons. The van der Waals surface area contributed by atoms with E-state index in [-0.39, 0.29) is 5.78 Å². The van der Waals surface area contributed by atoms with Crippen LogP contribution in [0.1, 0.15) is 68.2 Å². The molecule has 0 atom stereocenters. The molecule has 0 unspecified atom stereocenters. The Morgan fingerprint density at radius 1 is 0.900 bits per heavy atom. The van der Waals surface area contributed by atoms with E-state index < -0.39 is 0 Å². The summed E-state index contributed by atoms with van der Waals surface area (Å²) >= 11 is 0. The van der Waals surface area contributed by atoms with Gasteiger partial charge in [0.25, 0.3) is 0 Å². The largest absolute Gasteiger partial charge is 0.295 e. The zero-order valence-corrected chi connectivity index (χ0v) is 14.4. The molecule has 0 aliphatic heterocycles. The molecule has 0 heterocycles. The van der Waals surface area contributed by atoms with Crippen LogP contribution in [0.5, 0.6) is 0 Å². The van der Waals surface area contributed by atoms with Crippen LogP contribution >= 0.6 is 0 Å². The van der Waals surface area contributed by atoms with Gasteiger partial charge in [-0.2, -0.15) is 0 Å². The van der Waals surface area contributed by atoms with E-state index >= 15 is 0 Å². The van der Waals surface area contributed by atoms with Crippen molar-refractivity contribution in [3.63, 3.8) is 0 Å². The molecule has 0 aliphatic rings. The zero-order chi connectivity index (χ0) is 16.3. The first-order chi connectivity index (χ1) is 9.11. The van der Waals surface area contributed by atoms with Crippen molar-refractivity contribution in [2.24, 2.45) is 11.8 Å². The Morgan fingerprint density at radius 2 is 1.35 bits per heavy atom. The van der Waals surface area contributed by atoms with Gasteiger partial charge in [-0.1, -0.05) is 39.2 Å². The van der Waals surface area contributed by atoms with E-state index in [0.717, 1.165) is 11.1 Å². The fourth-order valence-electron chi connectivity index (χ4n) is 1.36. The van der Waals surface area contributed by atoms with E-state index in [4.69, 9.17) is 0 Å². The van der Waals surface area contributed by atoms with E-state index in [2.05, 4.69) is 25.7 Å². The third-order valence-corrected chi connectivity index (χ3v) is 2.62. The van der Waals surface area contributed by atoms with Crippen LogP contribution in [-0.2, 0) is 9.59 Å². The molecule has 0 rings (SSSR count). The van der Waals surface area contributed by atoms with E-state index in [1.54, 1.807) is 6.92 Å². The third kappa shape index (κ3) is 13.1. The summed E-state index contributed by atoms with van der Waals surface area (Å²) < 4.78 is 0. The van der Waals surface area contributed by atoms with Gasteiger partial charge in [-0.3, -0.25) is 9.59 Å². The Balaban J connectivity index is 0. The maximum atomic E-state index is 11.3. The zero-order valence-electron chi connectivity index (χ0n) is 14.4. The SMILES string of the molecule is CC#CC(=O)CC(C)C.CC(C)=C(C)C(=O)CC(C)C. The molecule has 0 spiro atoms. The first-order valence-corrected chi connectivity index (χ1v) is 7.24. The van der Waals surface area contributed by atoms with E-state index in [1.165, 1.54) is 0 Å². The summed E-state index contributed by atoms with van der Waals surface area (Å²) in [5.41, 5.74) is 2.06. The van der Waals surface area contributed by atoms with Crippen molar-refractivity contribution in [2.45, 2.75) is 68.2 Å². The summed E-state index contributed by atoms with van der Waals surface area (Å²) in [5.74, 6) is 6.30. The highest BCUT2D eigenvalue weighted by Gasteiger charge is 2.07. The summed E-state index contributed by atoms with van der Waals surface area (Å²) in [6, 6.07) is 0. The fourth-order valence-corrected chi connectivity index (χ4v) is 1.36. The summed E-state index contributed by atoms with van der Waals surface area (Å²) in [6.45, 7) is 15.7. The molecule has 0 aromatic heterocycles. The average molecular weight is 278 g/mol. The lowest BCUT2D eigenvalue weighted by Crippen LogP contribution is -2.04. The van der Waals surface area contributed by atoms with E-state index in [9.17, 15) is 9.59 Å². The Hall–Kier alpha value is -1.36. The van der Waals surface area contributed by atoms with Crippen molar-refractivity contribution in [2.75, 3.05) is 0 Å². The molecular weight excluding hydrogens is 248 g/mol. The molecule has 20 heavy (non-hydrogen) atoms. The Kier molecular flexibility index (Phi) is 12.0. The van der Waals surface area contributed by atoms with Crippen LogP contribution < -0.4 is 0 Å². The number of allylic oxidation sites excluding steroid dienone is 2. The highest BCUT2D eigenvalue weighted by Crippen LogP contribution is 2.10. The van der Waals surface area contributed by atoms with Crippen molar-refractivity contribution < 1.29 is 9.59 Å².